The second kappa shape index (κ2) is 10.3. The summed E-state index contributed by atoms with van der Waals surface area (Å²) < 4.78 is 0. The van der Waals surface area contributed by atoms with Gasteiger partial charge in [-0.05, 0) is 76.9 Å². The molecule has 2 heteroatoms. The van der Waals surface area contributed by atoms with Gasteiger partial charge in [0.1, 0.15) is 5.75 Å². The van der Waals surface area contributed by atoms with Crippen molar-refractivity contribution >= 4 is 0 Å². The van der Waals surface area contributed by atoms with Gasteiger partial charge in [0.05, 0.1) is 0 Å². The number of hydrogen-bond acceptors (Lipinski definition) is 1. The van der Waals surface area contributed by atoms with Crippen LogP contribution in [0.25, 0.3) is 0 Å². The van der Waals surface area contributed by atoms with E-state index in [1.54, 1.807) is 24.3 Å². The van der Waals surface area contributed by atoms with Gasteiger partial charge in [-0.3, -0.25) is 5.11 Å². The van der Waals surface area contributed by atoms with Crippen LogP contribution in [-0.2, 0) is 5.11 Å². The fourth-order valence-electron chi connectivity index (χ4n) is 2.69. The van der Waals surface area contributed by atoms with Crippen LogP contribution in [0.15, 0.2) is 60.7 Å². The third-order valence-electron chi connectivity index (χ3n) is 3.59. The second-order valence-corrected chi connectivity index (χ2v) is 6.82. The van der Waals surface area contributed by atoms with Crippen molar-refractivity contribution in [3.05, 3.63) is 94.0 Å². The van der Waals surface area contributed by atoms with E-state index in [0.29, 0.717) is 5.75 Å². The van der Waals surface area contributed by atoms with Crippen molar-refractivity contribution in [1.82, 2.24) is 0 Å². The number of aromatic hydroxyl groups is 1. The molecular formula is C24H29O2. The molecule has 0 fully saturated rings. The molecule has 3 aromatic carbocycles. The molecule has 3 aromatic rings. The Labute approximate surface area is 157 Å². The van der Waals surface area contributed by atoms with Crippen LogP contribution in [0.4, 0.5) is 0 Å². The molecule has 0 spiro atoms. The topological polar surface area (TPSA) is 40.1 Å². The standard InChI is InChI=1S/C9H12.C8H10O.C7H7O/c1-7-4-8(2)6-9(3)5-7;1-6-3-7(2)5-8(9)4-6;1-6-2-4-7(8)5-3-6/h4-6H,1-3H3;3-5,9H,1-2H3;2-5H,1H3. The molecule has 0 aliphatic heterocycles. The summed E-state index contributed by atoms with van der Waals surface area (Å²) in [5, 5.41) is 19.4. The van der Waals surface area contributed by atoms with E-state index in [2.05, 4.69) is 39.0 Å². The zero-order valence-corrected chi connectivity index (χ0v) is 16.6. The molecule has 0 bridgehead atoms. The summed E-state index contributed by atoms with van der Waals surface area (Å²) in [6, 6.07) is 18.8. The molecule has 26 heavy (non-hydrogen) atoms. The number of benzene rings is 3. The molecule has 0 aromatic heterocycles. The van der Waals surface area contributed by atoms with Crippen molar-refractivity contribution < 1.29 is 10.2 Å². The Balaban J connectivity index is 0.000000195. The highest BCUT2D eigenvalue weighted by Crippen LogP contribution is 2.13. The Kier molecular flexibility index (Phi) is 8.44. The Hall–Kier alpha value is -2.74. The number of aryl methyl sites for hydroxylation is 6. The zero-order valence-electron chi connectivity index (χ0n) is 16.6. The normalized spacial score (nSPS) is 9.46. The van der Waals surface area contributed by atoms with Gasteiger partial charge in [-0.15, -0.1) is 0 Å². The SMILES string of the molecule is Cc1cc(C)cc(C)c1.Cc1cc(C)cc(O)c1.Cc1ccc([O])cc1. The van der Waals surface area contributed by atoms with E-state index in [-0.39, 0.29) is 5.75 Å². The Bertz CT molecular complexity index is 647. The molecule has 1 radical (unpaired) electrons. The van der Waals surface area contributed by atoms with Crippen molar-refractivity contribution in [2.45, 2.75) is 41.5 Å². The van der Waals surface area contributed by atoms with E-state index in [9.17, 15) is 5.11 Å². The molecule has 2 nitrogen and oxygen atoms in total. The monoisotopic (exact) mass is 349 g/mol. The molecule has 0 saturated carbocycles. The van der Waals surface area contributed by atoms with Gasteiger partial charge in [-0.2, -0.15) is 0 Å². The molecule has 0 saturated heterocycles. The average molecular weight is 349 g/mol. The van der Waals surface area contributed by atoms with Crippen molar-refractivity contribution in [1.29, 1.82) is 0 Å². The third kappa shape index (κ3) is 8.93. The minimum absolute atomic E-state index is 0.0793. The molecule has 0 atom stereocenters. The van der Waals surface area contributed by atoms with E-state index < -0.39 is 0 Å². The van der Waals surface area contributed by atoms with Gasteiger partial charge in [-0.1, -0.05) is 58.7 Å². The molecule has 0 heterocycles. The maximum Gasteiger partial charge on any atom is 0.178 e. The highest BCUT2D eigenvalue weighted by molar-refractivity contribution is 5.31. The molecule has 137 valence electrons. The number of hydrogen-bond donors (Lipinski definition) is 1. The van der Waals surface area contributed by atoms with E-state index in [4.69, 9.17) is 5.11 Å². The van der Waals surface area contributed by atoms with Crippen LogP contribution in [0.5, 0.6) is 11.5 Å². The van der Waals surface area contributed by atoms with Gasteiger partial charge in [0, 0.05) is 0 Å². The lowest BCUT2D eigenvalue weighted by Crippen LogP contribution is -1.78. The third-order valence-corrected chi connectivity index (χ3v) is 3.59. The van der Waals surface area contributed by atoms with Crippen LogP contribution in [0.2, 0.25) is 0 Å². The zero-order chi connectivity index (χ0) is 19.7. The van der Waals surface area contributed by atoms with Crippen LogP contribution in [0.3, 0.4) is 0 Å². The summed E-state index contributed by atoms with van der Waals surface area (Å²) in [4.78, 5) is 0. The quantitative estimate of drug-likeness (QED) is 0.478. The van der Waals surface area contributed by atoms with Gasteiger partial charge < -0.3 is 5.11 Å². The molecule has 0 amide bonds. The van der Waals surface area contributed by atoms with Crippen molar-refractivity contribution in [3.63, 3.8) is 0 Å². The van der Waals surface area contributed by atoms with E-state index in [1.807, 2.05) is 39.0 Å². The molecular weight excluding hydrogens is 320 g/mol. The summed E-state index contributed by atoms with van der Waals surface area (Å²) in [6.07, 6.45) is 0. The van der Waals surface area contributed by atoms with Crippen LogP contribution in [0, 0.1) is 41.5 Å². The van der Waals surface area contributed by atoms with E-state index >= 15 is 0 Å². The minimum atomic E-state index is 0.0793. The highest BCUT2D eigenvalue weighted by atomic mass is 16.3. The number of phenolic OH excluding ortho intramolecular Hbond substituents is 1. The van der Waals surface area contributed by atoms with Crippen LogP contribution in [-0.4, -0.2) is 5.11 Å². The Morgan fingerprint density at radius 1 is 0.500 bits per heavy atom. The first-order valence-corrected chi connectivity index (χ1v) is 8.71. The highest BCUT2D eigenvalue weighted by Gasteiger charge is 1.90. The van der Waals surface area contributed by atoms with Crippen LogP contribution in [0.1, 0.15) is 33.4 Å². The van der Waals surface area contributed by atoms with Crippen molar-refractivity contribution in [2.24, 2.45) is 0 Å². The second-order valence-electron chi connectivity index (χ2n) is 6.82. The Morgan fingerprint density at radius 3 is 1.08 bits per heavy atom. The molecule has 0 aliphatic rings. The summed E-state index contributed by atoms with van der Waals surface area (Å²) in [5.41, 5.74) is 7.40. The predicted octanol–water partition coefficient (Wildman–Crippen LogP) is 6.76. The number of rotatable bonds is 0. The van der Waals surface area contributed by atoms with Gasteiger partial charge >= 0.3 is 0 Å². The first-order chi connectivity index (χ1) is 12.2. The molecule has 3 rings (SSSR count). The van der Waals surface area contributed by atoms with E-state index in [1.165, 1.54) is 16.7 Å². The minimum Gasteiger partial charge on any atom is -0.508 e. The maximum absolute atomic E-state index is 10.4. The lowest BCUT2D eigenvalue weighted by Gasteiger charge is -1.96. The van der Waals surface area contributed by atoms with Crippen LogP contribution < -0.4 is 0 Å². The van der Waals surface area contributed by atoms with Crippen molar-refractivity contribution in [3.8, 4) is 11.5 Å². The van der Waals surface area contributed by atoms with Crippen LogP contribution >= 0.6 is 0 Å². The Morgan fingerprint density at radius 2 is 0.808 bits per heavy atom. The molecule has 0 aliphatic carbocycles. The fourth-order valence-corrected chi connectivity index (χ4v) is 2.69. The number of phenols is 1. The molecule has 1 N–H and O–H groups in total. The lowest BCUT2D eigenvalue weighted by molar-refractivity contribution is 0.355. The fraction of sp³-hybridized carbons (Fsp3) is 0.250. The van der Waals surface area contributed by atoms with Crippen molar-refractivity contribution in [2.75, 3.05) is 0 Å². The maximum atomic E-state index is 10.4. The average Bonchev–Trinajstić information content (AvgIpc) is 2.48. The first-order valence-electron chi connectivity index (χ1n) is 8.71. The smallest absolute Gasteiger partial charge is 0.178 e. The van der Waals surface area contributed by atoms with Gasteiger partial charge in [0.15, 0.2) is 5.75 Å². The first kappa shape index (κ1) is 21.3. The largest absolute Gasteiger partial charge is 0.508 e. The van der Waals surface area contributed by atoms with Gasteiger partial charge in [0.25, 0.3) is 0 Å². The lowest BCUT2D eigenvalue weighted by atomic mass is 10.1. The summed E-state index contributed by atoms with van der Waals surface area (Å²) in [5.74, 6) is 0.433. The van der Waals surface area contributed by atoms with E-state index in [0.717, 1.165) is 16.7 Å². The summed E-state index contributed by atoms with van der Waals surface area (Å²) in [6.45, 7) is 12.3. The summed E-state index contributed by atoms with van der Waals surface area (Å²) >= 11 is 0. The molecule has 0 unspecified atom stereocenters. The van der Waals surface area contributed by atoms with Gasteiger partial charge in [-0.25, -0.2) is 0 Å². The van der Waals surface area contributed by atoms with Gasteiger partial charge in [0.2, 0.25) is 0 Å². The predicted molar refractivity (Wildman–Crippen MR) is 110 cm³/mol. The summed E-state index contributed by atoms with van der Waals surface area (Å²) in [7, 11) is 0.